The molecule has 0 unspecified atom stereocenters. The Bertz CT molecular complexity index is 281. The summed E-state index contributed by atoms with van der Waals surface area (Å²) in [5.74, 6) is 0. The third kappa shape index (κ3) is 3.31. The molecule has 0 spiro atoms. The van der Waals surface area contributed by atoms with Crippen LogP contribution in [0.5, 0.6) is 0 Å². The average Bonchev–Trinajstić information content (AvgIpc) is 2.56. The molecule has 0 aromatic heterocycles. The van der Waals surface area contributed by atoms with Crippen LogP contribution < -0.4 is 0 Å². The summed E-state index contributed by atoms with van der Waals surface area (Å²) in [4.78, 5) is 0. The van der Waals surface area contributed by atoms with Crippen molar-refractivity contribution in [3.05, 3.63) is 0 Å². The van der Waals surface area contributed by atoms with Gasteiger partial charge in [-0.2, -0.15) is 0 Å². The average molecular weight is 359 g/mol. The predicted octanol–water partition coefficient (Wildman–Crippen LogP) is 6.09. The maximum absolute atomic E-state index is 4.01. The molecule has 3 saturated carbocycles. The molecule has 3 aliphatic carbocycles. The van der Waals surface area contributed by atoms with Gasteiger partial charge in [0.1, 0.15) is 0 Å². The molecule has 0 aliphatic heterocycles. The van der Waals surface area contributed by atoms with E-state index in [0.29, 0.717) is 0 Å². The summed E-state index contributed by atoms with van der Waals surface area (Å²) in [6.07, 6.45) is 23.2. The fraction of sp³-hybridized carbons (Fsp3) is 1.00. The minimum atomic E-state index is -0.821. The van der Waals surface area contributed by atoms with Crippen molar-refractivity contribution < 1.29 is 0 Å². The van der Waals surface area contributed by atoms with Gasteiger partial charge in [0.15, 0.2) is 0 Å². The molecule has 0 heterocycles. The molecule has 20 heavy (non-hydrogen) atoms. The van der Waals surface area contributed by atoms with Crippen LogP contribution in [0, 0.1) is 0 Å². The topological polar surface area (TPSA) is 0 Å². The molecule has 0 N–H and O–H groups in total. The Balaban J connectivity index is 1.81. The number of hydrogen-bond donors (Lipinski definition) is 0. The van der Waals surface area contributed by atoms with Gasteiger partial charge in [-0.1, -0.05) is 0 Å². The van der Waals surface area contributed by atoms with Crippen LogP contribution >= 0.6 is 5.51 Å². The van der Waals surface area contributed by atoms with E-state index in [-0.39, 0.29) is 0 Å². The quantitative estimate of drug-likeness (QED) is 0.423. The van der Waals surface area contributed by atoms with Crippen molar-refractivity contribution in [2.45, 2.75) is 113 Å². The third-order valence-electron chi connectivity index (χ3n) is 6.44. The van der Waals surface area contributed by atoms with Crippen molar-refractivity contribution in [3.63, 3.8) is 0 Å². The van der Waals surface area contributed by atoms with Crippen LogP contribution in [0.3, 0.4) is 0 Å². The molecular weight excluding hydrogens is 326 g/mol. The van der Waals surface area contributed by atoms with E-state index in [9.17, 15) is 0 Å². The van der Waals surface area contributed by atoms with Gasteiger partial charge in [0.2, 0.25) is 0 Å². The first-order valence-corrected chi connectivity index (χ1v) is 13.6. The second kappa shape index (κ2) is 7.48. The Kier molecular flexibility index (Phi) is 5.92. The Morgan fingerprint density at radius 2 is 0.700 bits per heavy atom. The van der Waals surface area contributed by atoms with Crippen LogP contribution in [0.15, 0.2) is 0 Å². The normalized spacial score (nSPS) is 28.6. The molecule has 0 amide bonds. The maximum atomic E-state index is 4.01. The first-order valence-electron chi connectivity index (χ1n) is 9.41. The second-order valence-electron chi connectivity index (χ2n) is 7.64. The van der Waals surface area contributed by atoms with E-state index >= 15 is 0 Å². The number of hydrogen-bond acceptors (Lipinski definition) is 0. The summed E-state index contributed by atoms with van der Waals surface area (Å²) in [5.41, 5.74) is 2.56. The van der Waals surface area contributed by atoms with Gasteiger partial charge < -0.3 is 0 Å². The summed E-state index contributed by atoms with van der Waals surface area (Å²) in [6.45, 7) is 0. The van der Waals surface area contributed by atoms with Crippen molar-refractivity contribution >= 4 is 20.6 Å². The molecule has 0 radical (unpaired) electrons. The molecule has 3 fully saturated rings. The molecule has 2 heteroatoms. The molecule has 0 bridgehead atoms. The van der Waals surface area contributed by atoms with Crippen LogP contribution in [0.1, 0.15) is 96.3 Å². The van der Waals surface area contributed by atoms with Crippen LogP contribution in [0.4, 0.5) is 0 Å². The molecule has 0 aromatic rings. The molecule has 116 valence electrons. The van der Waals surface area contributed by atoms with Crippen molar-refractivity contribution in [2.75, 3.05) is 0 Å². The fourth-order valence-electron chi connectivity index (χ4n) is 5.35. The van der Waals surface area contributed by atoms with E-state index < -0.39 is 5.51 Å². The van der Waals surface area contributed by atoms with Gasteiger partial charge in [0.05, 0.1) is 0 Å². The minimum absolute atomic E-state index is 0.821. The van der Waals surface area contributed by atoms with E-state index in [1.807, 2.05) is 0 Å². The predicted molar refractivity (Wildman–Crippen MR) is 93.3 cm³/mol. The molecule has 0 atom stereocenters. The molecule has 3 aliphatic rings. The van der Waals surface area contributed by atoms with E-state index in [2.05, 4.69) is 15.1 Å². The molecule has 3 rings (SSSR count). The first kappa shape index (κ1) is 15.8. The zero-order valence-electron chi connectivity index (χ0n) is 13.2. The van der Waals surface area contributed by atoms with E-state index in [0.717, 1.165) is 17.0 Å². The van der Waals surface area contributed by atoms with Gasteiger partial charge >= 0.3 is 134 Å². The fourth-order valence-corrected chi connectivity index (χ4v) is 14.6. The zero-order chi connectivity index (χ0) is 13.8. The van der Waals surface area contributed by atoms with Gasteiger partial charge in [-0.3, -0.25) is 0 Å². The van der Waals surface area contributed by atoms with Gasteiger partial charge in [0, 0.05) is 0 Å². The molecular formula is C18H33PSe. The van der Waals surface area contributed by atoms with Gasteiger partial charge in [-0.15, -0.1) is 0 Å². The summed E-state index contributed by atoms with van der Waals surface area (Å²) < 4.78 is 0. The van der Waals surface area contributed by atoms with Gasteiger partial charge in [-0.05, 0) is 0 Å². The summed E-state index contributed by atoms with van der Waals surface area (Å²) in [6, 6.07) is 0. The Morgan fingerprint density at radius 3 is 0.950 bits per heavy atom. The summed E-state index contributed by atoms with van der Waals surface area (Å²) >= 11 is 4.01. The summed E-state index contributed by atoms with van der Waals surface area (Å²) in [7, 11) is 0. The van der Waals surface area contributed by atoms with Gasteiger partial charge in [0.25, 0.3) is 0 Å². The Hall–Kier alpha value is 0.949. The number of rotatable bonds is 3. The standard InChI is InChI=1S/C18H33PSe/c20-19(16-10-4-1-5-11-16,17-12-6-2-7-13-17)18-14-8-3-9-15-18/h16-18H,1-15H2. The van der Waals surface area contributed by atoms with Crippen molar-refractivity contribution in [2.24, 2.45) is 0 Å². The van der Waals surface area contributed by atoms with E-state index in [4.69, 9.17) is 0 Å². The zero-order valence-corrected chi connectivity index (χ0v) is 15.8. The summed E-state index contributed by atoms with van der Waals surface area (Å²) in [5, 5.41) is 0. The SMILES string of the molecule is [Se]=P(C1CCCCC1)(C1CCCCC1)C1CCCCC1. The van der Waals surface area contributed by atoms with Crippen molar-refractivity contribution in [1.29, 1.82) is 0 Å². The van der Waals surface area contributed by atoms with E-state index in [1.54, 1.807) is 38.5 Å². The third-order valence-corrected chi connectivity index (χ3v) is 17.0. The second-order valence-corrected chi connectivity index (χ2v) is 15.3. The van der Waals surface area contributed by atoms with Crippen molar-refractivity contribution in [1.82, 2.24) is 0 Å². The van der Waals surface area contributed by atoms with Crippen LogP contribution in [0.2, 0.25) is 0 Å². The molecule has 0 nitrogen and oxygen atoms in total. The van der Waals surface area contributed by atoms with Crippen LogP contribution in [-0.2, 0) is 0 Å². The Morgan fingerprint density at radius 1 is 0.450 bits per heavy atom. The Labute approximate surface area is 134 Å². The van der Waals surface area contributed by atoms with E-state index in [1.165, 1.54) is 57.8 Å². The molecule has 0 aromatic carbocycles. The molecule has 0 saturated heterocycles. The monoisotopic (exact) mass is 360 g/mol. The van der Waals surface area contributed by atoms with Crippen LogP contribution in [-0.4, -0.2) is 32.1 Å². The van der Waals surface area contributed by atoms with Gasteiger partial charge in [-0.25, -0.2) is 0 Å². The van der Waals surface area contributed by atoms with Crippen LogP contribution in [0.25, 0.3) is 0 Å². The first-order chi connectivity index (χ1) is 9.82. The van der Waals surface area contributed by atoms with Crippen molar-refractivity contribution in [3.8, 4) is 0 Å².